The molecule has 1 saturated carbocycles. The molecule has 1 heterocycles. The van der Waals surface area contributed by atoms with Crippen LogP contribution in [0.25, 0.3) is 0 Å². The summed E-state index contributed by atoms with van der Waals surface area (Å²) in [5.74, 6) is -0.103. The van der Waals surface area contributed by atoms with Crippen LogP contribution in [0.4, 0.5) is 0 Å². The molecule has 1 aliphatic carbocycles. The normalized spacial score (nSPS) is 18.9. The quantitative estimate of drug-likeness (QED) is 0.853. The number of carboxylic acids is 1. The molecule has 0 aliphatic heterocycles. The van der Waals surface area contributed by atoms with E-state index in [2.05, 4.69) is 4.98 Å². The summed E-state index contributed by atoms with van der Waals surface area (Å²) in [7, 11) is 1.93. The Morgan fingerprint density at radius 3 is 2.75 bits per heavy atom. The van der Waals surface area contributed by atoms with E-state index in [9.17, 15) is 4.79 Å². The lowest BCUT2D eigenvalue weighted by atomic mass is 10.0. The van der Waals surface area contributed by atoms with E-state index in [1.165, 1.54) is 31.4 Å². The van der Waals surface area contributed by atoms with Gasteiger partial charge < -0.3 is 9.67 Å². The largest absolute Gasteiger partial charge is 0.481 e. The number of rotatable bonds is 3. The fraction of sp³-hybridized carbons (Fsp3) is 0.667. The van der Waals surface area contributed by atoms with E-state index in [0.717, 1.165) is 0 Å². The van der Waals surface area contributed by atoms with E-state index in [1.54, 1.807) is 6.92 Å². The van der Waals surface area contributed by atoms with Crippen molar-refractivity contribution in [1.82, 2.24) is 9.55 Å². The van der Waals surface area contributed by atoms with Gasteiger partial charge in [0.05, 0.1) is 0 Å². The third kappa shape index (κ3) is 1.84. The molecule has 16 heavy (non-hydrogen) atoms. The van der Waals surface area contributed by atoms with Gasteiger partial charge in [-0.25, -0.2) is 4.98 Å². The van der Waals surface area contributed by atoms with Crippen LogP contribution in [-0.2, 0) is 11.8 Å². The summed E-state index contributed by atoms with van der Waals surface area (Å²) in [5.41, 5.74) is 1.20. The second kappa shape index (κ2) is 4.28. The average Bonchev–Trinajstić information content (AvgIpc) is 2.85. The Hall–Kier alpha value is -1.32. The number of carboxylic acid groups (broad SMARTS) is 1. The molecule has 1 unspecified atom stereocenters. The van der Waals surface area contributed by atoms with E-state index in [-0.39, 0.29) is 0 Å². The van der Waals surface area contributed by atoms with Crippen LogP contribution in [-0.4, -0.2) is 20.6 Å². The standard InChI is InChI=1S/C12H18N2O2/c1-8(12(15)16)11-13-7-10(14(11)2)9-5-3-4-6-9/h7-9H,3-6H2,1-2H3,(H,15,16). The van der Waals surface area contributed by atoms with Gasteiger partial charge in [-0.15, -0.1) is 0 Å². The zero-order valence-electron chi connectivity index (χ0n) is 9.81. The maximum Gasteiger partial charge on any atom is 0.313 e. The number of aliphatic carboxylic acids is 1. The van der Waals surface area contributed by atoms with Gasteiger partial charge in [0.1, 0.15) is 11.7 Å². The third-order valence-corrected chi connectivity index (χ3v) is 3.59. The van der Waals surface area contributed by atoms with Crippen molar-refractivity contribution in [3.8, 4) is 0 Å². The highest BCUT2D eigenvalue weighted by Gasteiger charge is 2.25. The minimum atomic E-state index is -0.813. The monoisotopic (exact) mass is 222 g/mol. The third-order valence-electron chi connectivity index (χ3n) is 3.59. The first-order chi connectivity index (χ1) is 7.61. The van der Waals surface area contributed by atoms with Crippen LogP contribution in [0.5, 0.6) is 0 Å². The molecule has 1 aromatic rings. The molecule has 4 nitrogen and oxygen atoms in total. The zero-order valence-corrected chi connectivity index (χ0v) is 9.81. The van der Waals surface area contributed by atoms with Crippen LogP contribution in [0.2, 0.25) is 0 Å². The van der Waals surface area contributed by atoms with E-state index >= 15 is 0 Å². The summed E-state index contributed by atoms with van der Waals surface area (Å²) in [4.78, 5) is 15.2. The molecule has 0 aromatic carbocycles. The molecule has 1 atom stereocenters. The first kappa shape index (κ1) is 11.2. The molecule has 0 amide bonds. The molecule has 0 radical (unpaired) electrons. The van der Waals surface area contributed by atoms with Crippen molar-refractivity contribution < 1.29 is 9.90 Å². The van der Waals surface area contributed by atoms with Crippen LogP contribution in [0.3, 0.4) is 0 Å². The molecule has 1 aromatic heterocycles. The van der Waals surface area contributed by atoms with Crippen LogP contribution in [0, 0.1) is 0 Å². The zero-order chi connectivity index (χ0) is 11.7. The first-order valence-electron chi connectivity index (χ1n) is 5.85. The highest BCUT2D eigenvalue weighted by atomic mass is 16.4. The molecule has 4 heteroatoms. The number of imidazole rings is 1. The minimum Gasteiger partial charge on any atom is -0.481 e. The maximum absolute atomic E-state index is 10.9. The summed E-state index contributed by atoms with van der Waals surface area (Å²) in [6, 6.07) is 0. The van der Waals surface area contributed by atoms with Crippen LogP contribution in [0.15, 0.2) is 6.20 Å². The first-order valence-corrected chi connectivity index (χ1v) is 5.85. The fourth-order valence-electron chi connectivity index (χ4n) is 2.55. The van der Waals surface area contributed by atoms with Crippen molar-refractivity contribution >= 4 is 5.97 Å². The van der Waals surface area contributed by atoms with E-state index < -0.39 is 11.9 Å². The van der Waals surface area contributed by atoms with Crippen molar-refractivity contribution in [2.24, 2.45) is 7.05 Å². The summed E-state index contributed by atoms with van der Waals surface area (Å²) in [6.45, 7) is 1.68. The molecule has 0 spiro atoms. The topological polar surface area (TPSA) is 55.1 Å². The molecule has 1 aliphatic rings. The number of hydrogen-bond donors (Lipinski definition) is 1. The molecular formula is C12H18N2O2. The SMILES string of the molecule is CC(C(=O)O)c1ncc(C2CCCC2)n1C. The van der Waals surface area contributed by atoms with Gasteiger partial charge in [0.25, 0.3) is 0 Å². The van der Waals surface area contributed by atoms with E-state index in [0.29, 0.717) is 11.7 Å². The maximum atomic E-state index is 10.9. The van der Waals surface area contributed by atoms with Gasteiger partial charge in [0.2, 0.25) is 0 Å². The summed E-state index contributed by atoms with van der Waals surface area (Å²) in [5, 5.41) is 8.98. The molecular weight excluding hydrogens is 204 g/mol. The van der Waals surface area contributed by atoms with E-state index in [1.807, 2.05) is 17.8 Å². The lowest BCUT2D eigenvalue weighted by molar-refractivity contribution is -0.138. The van der Waals surface area contributed by atoms with Gasteiger partial charge >= 0.3 is 5.97 Å². The van der Waals surface area contributed by atoms with E-state index in [4.69, 9.17) is 5.11 Å². The fourth-order valence-corrected chi connectivity index (χ4v) is 2.55. The van der Waals surface area contributed by atoms with Gasteiger partial charge in [0.15, 0.2) is 0 Å². The smallest absolute Gasteiger partial charge is 0.313 e. The Kier molecular flexibility index (Phi) is 2.99. The number of nitrogens with zero attached hydrogens (tertiary/aromatic N) is 2. The van der Waals surface area contributed by atoms with Crippen LogP contribution in [0.1, 0.15) is 56.0 Å². The van der Waals surface area contributed by atoms with Crippen LogP contribution < -0.4 is 0 Å². The highest BCUT2D eigenvalue weighted by molar-refractivity contribution is 5.74. The van der Waals surface area contributed by atoms with Crippen molar-refractivity contribution in [2.45, 2.75) is 44.4 Å². The lowest BCUT2D eigenvalue weighted by Gasteiger charge is -2.12. The van der Waals surface area contributed by atoms with Crippen molar-refractivity contribution in [3.05, 3.63) is 17.7 Å². The highest BCUT2D eigenvalue weighted by Crippen LogP contribution is 2.34. The summed E-state index contributed by atoms with van der Waals surface area (Å²) in [6.07, 6.45) is 6.82. The minimum absolute atomic E-state index is 0.528. The Morgan fingerprint density at radius 1 is 1.56 bits per heavy atom. The molecule has 88 valence electrons. The summed E-state index contributed by atoms with van der Waals surface area (Å²) >= 11 is 0. The Bertz CT molecular complexity index is 392. The van der Waals surface area contributed by atoms with Crippen LogP contribution >= 0.6 is 0 Å². The molecule has 1 fully saturated rings. The average molecular weight is 222 g/mol. The molecule has 2 rings (SSSR count). The number of carbonyl (C=O) groups is 1. The van der Waals surface area contributed by atoms with Gasteiger partial charge in [-0.3, -0.25) is 4.79 Å². The predicted octanol–water partition coefficient (Wildman–Crippen LogP) is 2.27. The van der Waals surface area contributed by atoms with Crippen molar-refractivity contribution in [1.29, 1.82) is 0 Å². The van der Waals surface area contributed by atoms with Gasteiger partial charge in [0, 0.05) is 24.9 Å². The molecule has 1 N–H and O–H groups in total. The lowest BCUT2D eigenvalue weighted by Crippen LogP contribution is -2.14. The Morgan fingerprint density at radius 2 is 2.19 bits per heavy atom. The predicted molar refractivity (Wildman–Crippen MR) is 60.5 cm³/mol. The summed E-state index contributed by atoms with van der Waals surface area (Å²) < 4.78 is 1.97. The Balaban J connectivity index is 2.26. The van der Waals surface area contributed by atoms with Gasteiger partial charge in [-0.1, -0.05) is 12.8 Å². The van der Waals surface area contributed by atoms with Gasteiger partial charge in [-0.2, -0.15) is 0 Å². The molecule has 0 bridgehead atoms. The second-order valence-electron chi connectivity index (χ2n) is 4.64. The Labute approximate surface area is 95.3 Å². The van der Waals surface area contributed by atoms with Crippen molar-refractivity contribution in [2.75, 3.05) is 0 Å². The number of aromatic nitrogens is 2. The molecule has 0 saturated heterocycles. The van der Waals surface area contributed by atoms with Crippen molar-refractivity contribution in [3.63, 3.8) is 0 Å². The van der Waals surface area contributed by atoms with Gasteiger partial charge in [-0.05, 0) is 19.8 Å². The number of hydrogen-bond acceptors (Lipinski definition) is 2. The second-order valence-corrected chi connectivity index (χ2v) is 4.64.